The first-order chi connectivity index (χ1) is 15.5. The van der Waals surface area contributed by atoms with E-state index in [-0.39, 0.29) is 24.0 Å². The minimum Gasteiger partial charge on any atom is -0.468 e. The Labute approximate surface area is 184 Å². The summed E-state index contributed by atoms with van der Waals surface area (Å²) in [4.78, 5) is 37.2. The summed E-state index contributed by atoms with van der Waals surface area (Å²) in [7, 11) is 0. The first-order valence-electron chi connectivity index (χ1n) is 10.2. The van der Waals surface area contributed by atoms with Crippen molar-refractivity contribution in [2.24, 2.45) is 0 Å². The van der Waals surface area contributed by atoms with Gasteiger partial charge >= 0.3 is 11.8 Å². The summed E-state index contributed by atoms with van der Waals surface area (Å²) in [5.41, 5.74) is 2.54. The van der Waals surface area contributed by atoms with Crippen LogP contribution in [0, 0.1) is 10.1 Å². The molecule has 2 N–H and O–H groups in total. The van der Waals surface area contributed by atoms with E-state index in [4.69, 9.17) is 4.42 Å². The van der Waals surface area contributed by atoms with Gasteiger partial charge in [-0.15, -0.1) is 0 Å². The number of carbonyl (C=O) groups is 2. The highest BCUT2D eigenvalue weighted by Gasteiger charge is 2.28. The Hall–Kier alpha value is -3.98. The summed E-state index contributed by atoms with van der Waals surface area (Å²) >= 11 is 0. The number of furan rings is 1. The summed E-state index contributed by atoms with van der Waals surface area (Å²) in [5.74, 6) is -1.03. The fourth-order valence-electron chi connectivity index (χ4n) is 3.83. The van der Waals surface area contributed by atoms with Crippen LogP contribution in [-0.4, -0.2) is 34.7 Å². The average Bonchev–Trinajstić information content (AvgIpc) is 3.33. The van der Waals surface area contributed by atoms with Gasteiger partial charge in [-0.2, -0.15) is 0 Å². The number of hydrogen-bond acceptors (Lipinski definition) is 6. The molecule has 0 saturated carbocycles. The van der Waals surface area contributed by atoms with Crippen LogP contribution in [-0.2, 0) is 22.6 Å². The normalized spacial score (nSPS) is 14.2. The number of benzene rings is 2. The van der Waals surface area contributed by atoms with E-state index < -0.39 is 16.7 Å². The van der Waals surface area contributed by atoms with Gasteiger partial charge in [0.05, 0.1) is 17.2 Å². The number of carbonyl (C=O) groups excluding carboxylic acids is 2. The number of amides is 2. The zero-order chi connectivity index (χ0) is 22.5. The first-order valence-corrected chi connectivity index (χ1v) is 10.2. The number of non-ortho nitro benzene ring substituents is 1. The lowest BCUT2D eigenvalue weighted by Gasteiger charge is -2.34. The zero-order valence-electron chi connectivity index (χ0n) is 17.2. The predicted molar refractivity (Wildman–Crippen MR) is 117 cm³/mol. The molecular weight excluding hydrogens is 412 g/mol. The van der Waals surface area contributed by atoms with Crippen molar-refractivity contribution in [1.29, 1.82) is 0 Å². The second kappa shape index (κ2) is 9.44. The van der Waals surface area contributed by atoms with Gasteiger partial charge in [0.15, 0.2) is 0 Å². The van der Waals surface area contributed by atoms with E-state index in [1.54, 1.807) is 12.3 Å². The standard InChI is InChI=1S/C23H22N4O5/c28-22(23(29)25-18-7-3-8-19(13-18)27(30)31)24-14-20(21-9-4-12-32-21)26-11-10-16-5-1-2-6-17(16)15-26/h1-9,12-13,20H,10-11,14-15H2,(H,24,28)(H,25,29). The van der Waals surface area contributed by atoms with Gasteiger partial charge in [-0.1, -0.05) is 30.3 Å². The van der Waals surface area contributed by atoms with Crippen molar-refractivity contribution in [2.75, 3.05) is 18.4 Å². The second-order valence-electron chi connectivity index (χ2n) is 7.49. The Kier molecular flexibility index (Phi) is 6.27. The number of hydrogen-bond donors (Lipinski definition) is 2. The predicted octanol–water partition coefficient (Wildman–Crippen LogP) is 3.04. The van der Waals surface area contributed by atoms with Gasteiger partial charge in [-0.25, -0.2) is 0 Å². The SMILES string of the molecule is O=C(NCC(c1ccco1)N1CCc2ccccc2C1)C(=O)Nc1cccc([N+](=O)[O-])c1. The molecule has 1 aliphatic heterocycles. The minimum atomic E-state index is -0.896. The highest BCUT2D eigenvalue weighted by atomic mass is 16.6. The summed E-state index contributed by atoms with van der Waals surface area (Å²) in [6.07, 6.45) is 2.46. The molecule has 3 aromatic rings. The molecule has 164 valence electrons. The van der Waals surface area contributed by atoms with Crippen LogP contribution in [0.1, 0.15) is 22.9 Å². The summed E-state index contributed by atoms with van der Waals surface area (Å²) in [6.45, 7) is 1.67. The first kappa shape index (κ1) is 21.3. The maximum absolute atomic E-state index is 12.4. The van der Waals surface area contributed by atoms with Crippen LogP contribution in [0.15, 0.2) is 71.3 Å². The van der Waals surface area contributed by atoms with Gasteiger partial charge in [0, 0.05) is 37.5 Å². The largest absolute Gasteiger partial charge is 0.468 e. The van der Waals surface area contributed by atoms with Gasteiger partial charge in [0.1, 0.15) is 5.76 Å². The van der Waals surface area contributed by atoms with Crippen LogP contribution in [0.2, 0.25) is 0 Å². The molecule has 32 heavy (non-hydrogen) atoms. The van der Waals surface area contributed by atoms with E-state index in [9.17, 15) is 19.7 Å². The van der Waals surface area contributed by atoms with Crippen LogP contribution < -0.4 is 10.6 Å². The summed E-state index contributed by atoms with van der Waals surface area (Å²) < 4.78 is 5.60. The van der Waals surface area contributed by atoms with Gasteiger partial charge in [0.2, 0.25) is 0 Å². The molecule has 9 nitrogen and oxygen atoms in total. The maximum atomic E-state index is 12.4. The second-order valence-corrected chi connectivity index (χ2v) is 7.49. The molecule has 0 aliphatic carbocycles. The van der Waals surface area contributed by atoms with Crippen LogP contribution >= 0.6 is 0 Å². The van der Waals surface area contributed by atoms with Crippen molar-refractivity contribution >= 4 is 23.2 Å². The fraction of sp³-hybridized carbons (Fsp3) is 0.217. The third-order valence-corrected chi connectivity index (χ3v) is 5.45. The van der Waals surface area contributed by atoms with Gasteiger partial charge in [0.25, 0.3) is 5.69 Å². The molecule has 2 aromatic carbocycles. The third kappa shape index (κ3) is 4.84. The molecule has 0 radical (unpaired) electrons. The molecule has 4 rings (SSSR count). The molecule has 0 fully saturated rings. The van der Waals surface area contributed by atoms with Crippen molar-refractivity contribution in [3.05, 3.63) is 93.9 Å². The molecule has 1 aromatic heterocycles. The van der Waals surface area contributed by atoms with E-state index in [0.29, 0.717) is 12.3 Å². The Bertz CT molecular complexity index is 1130. The number of nitrogens with zero attached hydrogens (tertiary/aromatic N) is 2. The van der Waals surface area contributed by atoms with Crippen molar-refractivity contribution in [3.8, 4) is 0 Å². The Morgan fingerprint density at radius 1 is 1.06 bits per heavy atom. The Morgan fingerprint density at radius 2 is 1.88 bits per heavy atom. The number of fused-ring (bicyclic) bond motifs is 1. The average molecular weight is 434 g/mol. The van der Waals surface area contributed by atoms with E-state index in [0.717, 1.165) is 13.0 Å². The van der Waals surface area contributed by atoms with Crippen LogP contribution in [0.5, 0.6) is 0 Å². The highest BCUT2D eigenvalue weighted by molar-refractivity contribution is 6.39. The van der Waals surface area contributed by atoms with Gasteiger partial charge in [-0.3, -0.25) is 24.6 Å². The minimum absolute atomic E-state index is 0.175. The molecular formula is C23H22N4O5. The van der Waals surface area contributed by atoms with Crippen LogP contribution in [0.3, 0.4) is 0 Å². The Morgan fingerprint density at radius 3 is 2.62 bits per heavy atom. The molecule has 1 unspecified atom stereocenters. The highest BCUT2D eigenvalue weighted by Crippen LogP contribution is 2.28. The lowest BCUT2D eigenvalue weighted by atomic mass is 9.98. The van der Waals surface area contributed by atoms with Crippen LogP contribution in [0.25, 0.3) is 0 Å². The van der Waals surface area contributed by atoms with E-state index >= 15 is 0 Å². The zero-order valence-corrected chi connectivity index (χ0v) is 17.2. The lowest BCUT2D eigenvalue weighted by Crippen LogP contribution is -2.43. The molecule has 1 atom stereocenters. The summed E-state index contributed by atoms with van der Waals surface area (Å²) in [5, 5.41) is 15.9. The molecule has 1 aliphatic rings. The topological polar surface area (TPSA) is 118 Å². The van der Waals surface area contributed by atoms with Crippen LogP contribution in [0.4, 0.5) is 11.4 Å². The summed E-state index contributed by atoms with van der Waals surface area (Å²) in [6, 6.07) is 17.1. The number of nitro groups is 1. The molecule has 2 heterocycles. The smallest absolute Gasteiger partial charge is 0.313 e. The van der Waals surface area contributed by atoms with E-state index in [1.807, 2.05) is 18.2 Å². The lowest BCUT2D eigenvalue weighted by molar-refractivity contribution is -0.384. The monoisotopic (exact) mass is 434 g/mol. The van der Waals surface area contributed by atoms with Crippen molar-refractivity contribution in [3.63, 3.8) is 0 Å². The van der Waals surface area contributed by atoms with E-state index in [1.165, 1.54) is 35.4 Å². The van der Waals surface area contributed by atoms with Gasteiger partial charge < -0.3 is 15.1 Å². The number of rotatable bonds is 6. The van der Waals surface area contributed by atoms with Crippen molar-refractivity contribution < 1.29 is 18.9 Å². The number of nitrogens with one attached hydrogen (secondary N) is 2. The quantitative estimate of drug-likeness (QED) is 0.350. The van der Waals surface area contributed by atoms with Crippen molar-refractivity contribution in [2.45, 2.75) is 19.0 Å². The number of nitro benzene ring substituents is 1. The molecule has 0 spiro atoms. The number of anilines is 1. The molecule has 2 amide bonds. The fourth-order valence-corrected chi connectivity index (χ4v) is 3.83. The molecule has 0 saturated heterocycles. The molecule has 0 bridgehead atoms. The van der Waals surface area contributed by atoms with Crippen molar-refractivity contribution in [1.82, 2.24) is 10.2 Å². The third-order valence-electron chi connectivity index (χ3n) is 5.45. The van der Waals surface area contributed by atoms with E-state index in [2.05, 4.69) is 27.7 Å². The van der Waals surface area contributed by atoms with Gasteiger partial charge in [-0.05, 0) is 35.7 Å². The Balaban J connectivity index is 1.41. The maximum Gasteiger partial charge on any atom is 0.313 e. The molecule has 9 heteroatoms.